The molecule has 1 fully saturated rings. The van der Waals surface area contributed by atoms with Crippen LogP contribution in [-0.4, -0.2) is 30.2 Å². The Bertz CT molecular complexity index is 270. The molecular weight excluding hydrogens is 224 g/mol. The van der Waals surface area contributed by atoms with Crippen molar-refractivity contribution in [3.05, 3.63) is 0 Å². The Morgan fingerprint density at radius 1 is 1.06 bits per heavy atom. The van der Waals surface area contributed by atoms with Gasteiger partial charge in [-0.2, -0.15) is 0 Å². The SMILES string of the molecule is C[Si]1(C)CCC(CC(=O)O)(CC(=O)O)CC1. The number of carboxylic acids is 2. The molecule has 1 rings (SSSR count). The van der Waals surface area contributed by atoms with Crippen molar-refractivity contribution >= 4 is 20.0 Å². The van der Waals surface area contributed by atoms with Gasteiger partial charge in [0.05, 0.1) is 12.8 Å². The Kier molecular flexibility index (Phi) is 3.78. The topological polar surface area (TPSA) is 74.6 Å². The fourth-order valence-corrected chi connectivity index (χ4v) is 5.18. The Morgan fingerprint density at radius 2 is 1.44 bits per heavy atom. The second-order valence-corrected chi connectivity index (χ2v) is 11.1. The van der Waals surface area contributed by atoms with Crippen molar-refractivity contribution in [1.82, 2.24) is 0 Å². The van der Waals surface area contributed by atoms with Crippen LogP contribution in [0.5, 0.6) is 0 Å². The highest BCUT2D eigenvalue weighted by atomic mass is 28.3. The van der Waals surface area contributed by atoms with Crippen LogP contribution >= 0.6 is 0 Å². The maximum Gasteiger partial charge on any atom is 0.303 e. The van der Waals surface area contributed by atoms with Gasteiger partial charge in [-0.1, -0.05) is 25.2 Å². The molecule has 0 aromatic rings. The minimum Gasteiger partial charge on any atom is -0.481 e. The molecule has 1 aliphatic rings. The van der Waals surface area contributed by atoms with Gasteiger partial charge >= 0.3 is 11.9 Å². The lowest BCUT2D eigenvalue weighted by molar-refractivity contribution is -0.144. The maximum atomic E-state index is 10.8. The molecule has 0 unspecified atom stereocenters. The molecule has 2 N–H and O–H groups in total. The number of carbonyl (C=O) groups is 2. The highest BCUT2D eigenvalue weighted by Crippen LogP contribution is 2.46. The van der Waals surface area contributed by atoms with Crippen LogP contribution in [-0.2, 0) is 9.59 Å². The van der Waals surface area contributed by atoms with E-state index >= 15 is 0 Å². The third kappa shape index (κ3) is 3.63. The number of rotatable bonds is 4. The predicted molar refractivity (Wildman–Crippen MR) is 63.3 cm³/mol. The smallest absolute Gasteiger partial charge is 0.303 e. The summed E-state index contributed by atoms with van der Waals surface area (Å²) in [6, 6.07) is 2.10. The van der Waals surface area contributed by atoms with Gasteiger partial charge in [-0.15, -0.1) is 0 Å². The van der Waals surface area contributed by atoms with E-state index in [0.717, 1.165) is 24.9 Å². The van der Waals surface area contributed by atoms with Crippen molar-refractivity contribution in [2.24, 2.45) is 5.41 Å². The lowest BCUT2D eigenvalue weighted by atomic mass is 9.76. The lowest BCUT2D eigenvalue weighted by Gasteiger charge is -2.41. The highest BCUT2D eigenvalue weighted by molar-refractivity contribution is 6.77. The maximum absolute atomic E-state index is 10.8. The molecule has 0 radical (unpaired) electrons. The molecule has 16 heavy (non-hydrogen) atoms. The zero-order valence-corrected chi connectivity index (χ0v) is 11.0. The van der Waals surface area contributed by atoms with E-state index < -0.39 is 25.4 Å². The molecule has 0 atom stereocenters. The average molecular weight is 244 g/mol. The predicted octanol–water partition coefficient (Wildman–Crippen LogP) is 2.42. The highest BCUT2D eigenvalue weighted by Gasteiger charge is 2.41. The van der Waals surface area contributed by atoms with Crippen molar-refractivity contribution in [1.29, 1.82) is 0 Å². The first-order chi connectivity index (χ1) is 7.25. The fourth-order valence-electron chi connectivity index (χ4n) is 2.51. The Hall–Kier alpha value is -0.843. The second kappa shape index (κ2) is 4.57. The average Bonchev–Trinajstić information content (AvgIpc) is 2.09. The summed E-state index contributed by atoms with van der Waals surface area (Å²) in [4.78, 5) is 21.7. The first-order valence-electron chi connectivity index (χ1n) is 5.68. The third-order valence-electron chi connectivity index (χ3n) is 3.72. The molecular formula is C11H20O4Si. The number of carboxylic acid groups (broad SMARTS) is 2. The van der Waals surface area contributed by atoms with Gasteiger partial charge in [-0.25, -0.2) is 0 Å². The summed E-state index contributed by atoms with van der Waals surface area (Å²) in [5, 5.41) is 17.8. The molecule has 0 aromatic heterocycles. The van der Waals surface area contributed by atoms with Crippen LogP contribution in [0.2, 0.25) is 25.2 Å². The summed E-state index contributed by atoms with van der Waals surface area (Å²) in [6.45, 7) is 4.58. The van der Waals surface area contributed by atoms with Gasteiger partial charge in [0.15, 0.2) is 0 Å². The van der Waals surface area contributed by atoms with Crippen molar-refractivity contribution in [3.63, 3.8) is 0 Å². The molecule has 0 bridgehead atoms. The van der Waals surface area contributed by atoms with Gasteiger partial charge in [0.25, 0.3) is 0 Å². The number of aliphatic carboxylic acids is 2. The van der Waals surface area contributed by atoms with E-state index in [4.69, 9.17) is 10.2 Å². The third-order valence-corrected chi connectivity index (χ3v) is 6.92. The van der Waals surface area contributed by atoms with E-state index in [1.165, 1.54) is 0 Å². The second-order valence-electron chi connectivity index (χ2n) is 5.81. The Balaban J connectivity index is 2.73. The van der Waals surface area contributed by atoms with Crippen molar-refractivity contribution < 1.29 is 19.8 Å². The summed E-state index contributed by atoms with van der Waals surface area (Å²) in [5.41, 5.74) is -0.486. The molecule has 0 aliphatic carbocycles. The van der Waals surface area contributed by atoms with Gasteiger partial charge in [0.1, 0.15) is 0 Å². The lowest BCUT2D eigenvalue weighted by Crippen LogP contribution is -2.39. The molecule has 1 aliphatic heterocycles. The van der Waals surface area contributed by atoms with E-state index in [-0.39, 0.29) is 12.8 Å². The summed E-state index contributed by atoms with van der Waals surface area (Å²) in [6.07, 6.45) is 1.54. The fraction of sp³-hybridized carbons (Fsp3) is 0.818. The van der Waals surface area contributed by atoms with E-state index in [0.29, 0.717) is 0 Å². The van der Waals surface area contributed by atoms with E-state index in [1.54, 1.807) is 0 Å². The van der Waals surface area contributed by atoms with Crippen LogP contribution in [0.4, 0.5) is 0 Å². The zero-order chi connectivity index (χ0) is 12.4. The summed E-state index contributed by atoms with van der Waals surface area (Å²) >= 11 is 0. The molecule has 1 saturated heterocycles. The first kappa shape index (κ1) is 13.2. The number of hydrogen-bond donors (Lipinski definition) is 2. The summed E-state index contributed by atoms with van der Waals surface area (Å²) in [5.74, 6) is -1.75. The standard InChI is InChI=1S/C11H20O4Si/c1-16(2)5-3-11(4-6-16,7-9(12)13)8-10(14)15/h3-8H2,1-2H3,(H,12,13)(H,14,15). The minimum atomic E-state index is -1.17. The van der Waals surface area contributed by atoms with E-state index in [2.05, 4.69) is 13.1 Å². The monoisotopic (exact) mass is 244 g/mol. The number of hydrogen-bond acceptors (Lipinski definition) is 2. The quantitative estimate of drug-likeness (QED) is 0.745. The van der Waals surface area contributed by atoms with Crippen LogP contribution < -0.4 is 0 Å². The molecule has 92 valence electrons. The van der Waals surface area contributed by atoms with Gasteiger partial charge in [-0.3, -0.25) is 9.59 Å². The molecule has 0 spiro atoms. The van der Waals surface area contributed by atoms with Gasteiger partial charge in [0, 0.05) is 8.07 Å². The molecule has 1 heterocycles. The van der Waals surface area contributed by atoms with Crippen LogP contribution in [0, 0.1) is 5.41 Å². The van der Waals surface area contributed by atoms with Gasteiger partial charge in [-0.05, 0) is 18.3 Å². The van der Waals surface area contributed by atoms with Crippen molar-refractivity contribution in [3.8, 4) is 0 Å². The zero-order valence-electron chi connectivity index (χ0n) is 9.95. The summed E-state index contributed by atoms with van der Waals surface area (Å²) in [7, 11) is -1.17. The van der Waals surface area contributed by atoms with Crippen LogP contribution in [0.1, 0.15) is 25.7 Å². The Morgan fingerprint density at radius 3 is 1.75 bits per heavy atom. The molecule has 5 heteroatoms. The van der Waals surface area contributed by atoms with E-state index in [9.17, 15) is 9.59 Å². The van der Waals surface area contributed by atoms with Gasteiger partial charge in [0.2, 0.25) is 0 Å². The van der Waals surface area contributed by atoms with Crippen LogP contribution in [0.3, 0.4) is 0 Å². The van der Waals surface area contributed by atoms with E-state index in [1.807, 2.05) is 0 Å². The first-order valence-corrected chi connectivity index (χ1v) is 9.10. The molecule has 0 saturated carbocycles. The van der Waals surface area contributed by atoms with Crippen molar-refractivity contribution in [2.75, 3.05) is 0 Å². The van der Waals surface area contributed by atoms with Crippen LogP contribution in [0.15, 0.2) is 0 Å². The Labute approximate surface area is 96.7 Å². The molecule has 0 amide bonds. The van der Waals surface area contributed by atoms with Crippen LogP contribution in [0.25, 0.3) is 0 Å². The van der Waals surface area contributed by atoms with Gasteiger partial charge < -0.3 is 10.2 Å². The largest absolute Gasteiger partial charge is 0.481 e. The molecule has 0 aromatic carbocycles. The summed E-state index contributed by atoms with van der Waals surface area (Å²) < 4.78 is 0. The van der Waals surface area contributed by atoms with Crippen molar-refractivity contribution in [2.45, 2.75) is 50.9 Å². The normalized spacial score (nSPS) is 22.6. The molecule has 4 nitrogen and oxygen atoms in total. The minimum absolute atomic E-state index is 0.00375.